The van der Waals surface area contributed by atoms with Crippen LogP contribution in [0.3, 0.4) is 0 Å². The fourth-order valence-corrected chi connectivity index (χ4v) is 5.56. The van der Waals surface area contributed by atoms with Crippen LogP contribution in [-0.4, -0.2) is 70.6 Å². The van der Waals surface area contributed by atoms with Gasteiger partial charge in [-0.25, -0.2) is 24.7 Å². The van der Waals surface area contributed by atoms with Gasteiger partial charge in [-0.1, -0.05) is 30.3 Å². The smallest absolute Gasteiger partial charge is 0.343 e. The molecule has 0 atom stereocenters. The quantitative estimate of drug-likeness (QED) is 0.405. The highest BCUT2D eigenvalue weighted by atomic mass is 32.1. The summed E-state index contributed by atoms with van der Waals surface area (Å²) in [5, 5.41) is 1.01. The number of nitrogen functional groups attached to an aromatic ring is 1. The molecule has 10 heteroatoms. The van der Waals surface area contributed by atoms with E-state index in [4.69, 9.17) is 20.4 Å². The molecule has 5 rings (SSSR count). The van der Waals surface area contributed by atoms with Gasteiger partial charge >= 0.3 is 5.97 Å². The topological polar surface area (TPSA) is 110 Å². The molecule has 0 spiro atoms. The van der Waals surface area contributed by atoms with Gasteiger partial charge in [-0.3, -0.25) is 0 Å². The average molecular weight is 504 g/mol. The third-order valence-electron chi connectivity index (χ3n) is 6.41. The van der Waals surface area contributed by atoms with E-state index in [1.807, 2.05) is 37.3 Å². The van der Waals surface area contributed by atoms with Crippen molar-refractivity contribution in [3.63, 3.8) is 0 Å². The largest absolute Gasteiger partial charge is 0.462 e. The Balaban J connectivity index is 1.67. The van der Waals surface area contributed by atoms with E-state index < -0.39 is 5.97 Å². The minimum Gasteiger partial charge on any atom is -0.462 e. The van der Waals surface area contributed by atoms with Crippen LogP contribution in [0.1, 0.15) is 28.5 Å². The van der Waals surface area contributed by atoms with Gasteiger partial charge in [0.25, 0.3) is 0 Å². The number of rotatable bonds is 5. The van der Waals surface area contributed by atoms with Crippen LogP contribution in [0.4, 0.5) is 11.6 Å². The molecule has 4 heterocycles. The second kappa shape index (κ2) is 9.79. The van der Waals surface area contributed by atoms with Crippen LogP contribution in [0.15, 0.2) is 30.3 Å². The van der Waals surface area contributed by atoms with Crippen molar-refractivity contribution in [3.8, 4) is 22.1 Å². The molecule has 1 saturated heterocycles. The first-order valence-electron chi connectivity index (χ1n) is 12.0. The lowest BCUT2D eigenvalue weighted by Crippen LogP contribution is -2.45. The molecule has 36 heavy (non-hydrogen) atoms. The maximum atomic E-state index is 12.4. The van der Waals surface area contributed by atoms with E-state index in [-0.39, 0.29) is 18.0 Å². The van der Waals surface area contributed by atoms with E-state index in [0.29, 0.717) is 17.3 Å². The van der Waals surface area contributed by atoms with Gasteiger partial charge in [0.1, 0.15) is 22.0 Å². The fraction of sp³-hybridized carbons (Fsp3) is 0.346. The number of nitrogens with zero attached hydrogens (tertiary/aromatic N) is 6. The Morgan fingerprint density at radius 3 is 2.42 bits per heavy atom. The molecule has 0 radical (unpaired) electrons. The van der Waals surface area contributed by atoms with Crippen molar-refractivity contribution >= 4 is 39.2 Å². The summed E-state index contributed by atoms with van der Waals surface area (Å²) >= 11 is 1.52. The van der Waals surface area contributed by atoms with E-state index in [1.54, 1.807) is 13.8 Å². The number of carbonyl (C=O) groups is 1. The summed E-state index contributed by atoms with van der Waals surface area (Å²) < 4.78 is 5.13. The van der Waals surface area contributed by atoms with Crippen LogP contribution in [0, 0.1) is 13.8 Å². The minimum absolute atomic E-state index is 0.114. The van der Waals surface area contributed by atoms with Crippen molar-refractivity contribution in [2.75, 3.05) is 50.5 Å². The summed E-state index contributed by atoms with van der Waals surface area (Å²) in [7, 11) is 2.14. The summed E-state index contributed by atoms with van der Waals surface area (Å²) in [5.74, 6) is 1.70. The highest BCUT2D eigenvalue weighted by Gasteiger charge is 2.26. The normalized spacial score (nSPS) is 14.4. The summed E-state index contributed by atoms with van der Waals surface area (Å²) in [6.07, 6.45) is 0. The van der Waals surface area contributed by atoms with Gasteiger partial charge in [0.05, 0.1) is 22.6 Å². The molecule has 1 aromatic carbocycles. The van der Waals surface area contributed by atoms with E-state index in [2.05, 4.69) is 26.8 Å². The predicted molar refractivity (Wildman–Crippen MR) is 143 cm³/mol. The third kappa shape index (κ3) is 4.38. The lowest BCUT2D eigenvalue weighted by atomic mass is 10.1. The number of esters is 1. The number of nitrogens with two attached hydrogens (primary N) is 1. The summed E-state index contributed by atoms with van der Waals surface area (Å²) in [4.78, 5) is 37.9. The van der Waals surface area contributed by atoms with Crippen molar-refractivity contribution in [1.29, 1.82) is 0 Å². The molecule has 1 fully saturated rings. The number of likely N-dealkylation sites (N-methyl/N-ethyl adjacent to an activating group) is 1. The zero-order chi connectivity index (χ0) is 25.4. The Morgan fingerprint density at radius 2 is 1.75 bits per heavy atom. The monoisotopic (exact) mass is 503 g/mol. The number of aryl methyl sites for hydroxylation is 2. The average Bonchev–Trinajstić information content (AvgIpc) is 3.20. The van der Waals surface area contributed by atoms with E-state index in [1.165, 1.54) is 11.3 Å². The zero-order valence-electron chi connectivity index (χ0n) is 20.9. The molecule has 2 N–H and O–H groups in total. The van der Waals surface area contributed by atoms with Crippen LogP contribution < -0.4 is 10.6 Å². The Bertz CT molecular complexity index is 1410. The van der Waals surface area contributed by atoms with Gasteiger partial charge in [-0.2, -0.15) is 0 Å². The summed E-state index contributed by atoms with van der Waals surface area (Å²) in [5.41, 5.74) is 8.88. The number of fused-ring (bicyclic) bond motifs is 1. The lowest BCUT2D eigenvalue weighted by Gasteiger charge is -2.33. The van der Waals surface area contributed by atoms with Crippen LogP contribution in [-0.2, 0) is 4.74 Å². The number of piperazine rings is 1. The molecule has 0 unspecified atom stereocenters. The van der Waals surface area contributed by atoms with Crippen molar-refractivity contribution in [2.45, 2.75) is 20.8 Å². The molecule has 0 amide bonds. The summed E-state index contributed by atoms with van der Waals surface area (Å²) in [6.45, 7) is 9.52. The molecule has 1 aliphatic rings. The number of carbonyl (C=O) groups excluding carboxylic acids is 1. The molecule has 1 aliphatic heterocycles. The summed E-state index contributed by atoms with van der Waals surface area (Å²) in [6, 6.07) is 10.0. The molecule has 0 bridgehead atoms. The van der Waals surface area contributed by atoms with Crippen LogP contribution >= 0.6 is 11.3 Å². The van der Waals surface area contributed by atoms with Gasteiger partial charge < -0.3 is 20.3 Å². The number of benzene rings is 1. The lowest BCUT2D eigenvalue weighted by molar-refractivity contribution is 0.0526. The van der Waals surface area contributed by atoms with Crippen LogP contribution in [0.2, 0.25) is 0 Å². The van der Waals surface area contributed by atoms with E-state index in [0.717, 1.165) is 58.2 Å². The molecule has 3 aromatic heterocycles. The molecule has 186 valence electrons. The highest BCUT2D eigenvalue weighted by molar-refractivity contribution is 7.22. The second-order valence-electron chi connectivity index (χ2n) is 8.88. The Morgan fingerprint density at radius 1 is 1.03 bits per heavy atom. The minimum atomic E-state index is -0.511. The number of hydrogen-bond donors (Lipinski definition) is 1. The van der Waals surface area contributed by atoms with Crippen LogP contribution in [0.25, 0.3) is 32.3 Å². The number of anilines is 2. The van der Waals surface area contributed by atoms with E-state index in [9.17, 15) is 4.79 Å². The van der Waals surface area contributed by atoms with Crippen molar-refractivity contribution < 1.29 is 9.53 Å². The Hall–Kier alpha value is -3.63. The van der Waals surface area contributed by atoms with Gasteiger partial charge in [-0.05, 0) is 33.4 Å². The fourth-order valence-electron chi connectivity index (χ4n) is 4.45. The standard InChI is InChI=1S/C26H29N7O2S/c1-5-35-26(34)19-16(3)28-23(29-21(19)27)20-15(2)18-24(33-13-11-32(4)12-14-33)30-22(31-25(18)36-20)17-9-7-6-8-10-17/h6-10H,5,11-14H2,1-4H3,(H2,27,28,29). The maximum absolute atomic E-state index is 12.4. The second-order valence-corrected chi connectivity index (χ2v) is 9.88. The van der Waals surface area contributed by atoms with Gasteiger partial charge in [0, 0.05) is 31.7 Å². The first-order chi connectivity index (χ1) is 17.4. The zero-order valence-corrected chi connectivity index (χ0v) is 21.7. The number of ether oxygens (including phenoxy) is 1. The third-order valence-corrected chi connectivity index (χ3v) is 7.59. The molecule has 9 nitrogen and oxygen atoms in total. The predicted octanol–water partition coefficient (Wildman–Crippen LogP) is 3.94. The van der Waals surface area contributed by atoms with Gasteiger partial charge in [0.2, 0.25) is 0 Å². The molecular weight excluding hydrogens is 474 g/mol. The number of thiophene rings is 1. The Kier molecular flexibility index (Phi) is 6.55. The number of aromatic nitrogens is 4. The highest BCUT2D eigenvalue weighted by Crippen LogP contribution is 2.41. The maximum Gasteiger partial charge on any atom is 0.343 e. The van der Waals surface area contributed by atoms with Crippen molar-refractivity contribution in [2.24, 2.45) is 0 Å². The first-order valence-corrected chi connectivity index (χ1v) is 12.8. The molecule has 4 aromatic rings. The molecule has 0 aliphatic carbocycles. The van der Waals surface area contributed by atoms with Gasteiger partial charge in [-0.15, -0.1) is 11.3 Å². The van der Waals surface area contributed by atoms with Crippen molar-refractivity contribution in [3.05, 3.63) is 47.2 Å². The number of hydrogen-bond acceptors (Lipinski definition) is 10. The van der Waals surface area contributed by atoms with Crippen molar-refractivity contribution in [1.82, 2.24) is 24.8 Å². The molecule has 0 saturated carbocycles. The van der Waals surface area contributed by atoms with Crippen LogP contribution in [0.5, 0.6) is 0 Å². The Labute approximate surface area is 214 Å². The van der Waals surface area contributed by atoms with Gasteiger partial charge in [0.15, 0.2) is 11.6 Å². The molecular formula is C26H29N7O2S. The first kappa shape index (κ1) is 24.1. The SMILES string of the molecule is CCOC(=O)c1c(C)nc(-c2sc3nc(-c4ccccc4)nc(N4CCN(C)CC4)c3c2C)nc1N. The van der Waals surface area contributed by atoms with E-state index >= 15 is 0 Å².